The third-order valence-electron chi connectivity index (χ3n) is 2.25. The third-order valence-corrected chi connectivity index (χ3v) is 2.25. The first-order chi connectivity index (χ1) is 6.24. The number of hydrogen-bond donors (Lipinski definition) is 0. The van der Waals surface area contributed by atoms with Gasteiger partial charge in [-0.1, -0.05) is 24.9 Å². The van der Waals surface area contributed by atoms with Crippen LogP contribution < -0.4 is 0 Å². The maximum absolute atomic E-state index is 10.9. The molecule has 0 amide bonds. The molecule has 1 aliphatic rings. The van der Waals surface area contributed by atoms with Crippen LogP contribution in [0.25, 0.3) is 0 Å². The summed E-state index contributed by atoms with van der Waals surface area (Å²) in [4.78, 5) is 15.9. The third kappa shape index (κ3) is 3.17. The molecule has 3 nitrogen and oxygen atoms in total. The zero-order valence-electron chi connectivity index (χ0n) is 8.38. The molecule has 3 heteroatoms. The van der Waals surface area contributed by atoms with Gasteiger partial charge in [0, 0.05) is 6.42 Å². The van der Waals surface area contributed by atoms with E-state index < -0.39 is 0 Å². The fourth-order valence-corrected chi connectivity index (χ4v) is 1.37. The van der Waals surface area contributed by atoms with Gasteiger partial charge in [0.1, 0.15) is 0 Å². The van der Waals surface area contributed by atoms with E-state index in [1.807, 2.05) is 0 Å². The number of oxime groups is 1. The van der Waals surface area contributed by atoms with Gasteiger partial charge in [-0.2, -0.15) is 0 Å². The standard InChI is InChI=1S/C10H17NO2/c1-3-4-5-6-9-7-10(8(2)12)13-11-9/h10H,3-7H2,1-2H3. The van der Waals surface area contributed by atoms with Crippen LogP contribution in [0.1, 0.15) is 46.0 Å². The number of carbonyl (C=O) groups excluding carboxylic acids is 1. The van der Waals surface area contributed by atoms with Crippen molar-refractivity contribution < 1.29 is 9.63 Å². The van der Waals surface area contributed by atoms with E-state index in [0.29, 0.717) is 6.42 Å². The smallest absolute Gasteiger partial charge is 0.190 e. The predicted molar refractivity (Wildman–Crippen MR) is 51.7 cm³/mol. The molecule has 1 heterocycles. The van der Waals surface area contributed by atoms with Crippen LogP contribution in [0.4, 0.5) is 0 Å². The average molecular weight is 183 g/mol. The van der Waals surface area contributed by atoms with Crippen LogP contribution >= 0.6 is 0 Å². The van der Waals surface area contributed by atoms with E-state index in [9.17, 15) is 4.79 Å². The Labute approximate surface area is 79.1 Å². The first-order valence-corrected chi connectivity index (χ1v) is 4.96. The maximum Gasteiger partial charge on any atom is 0.190 e. The molecule has 0 N–H and O–H groups in total. The molecule has 0 saturated carbocycles. The lowest BCUT2D eigenvalue weighted by Crippen LogP contribution is -2.17. The van der Waals surface area contributed by atoms with E-state index in [1.165, 1.54) is 12.8 Å². The molecular formula is C10H17NO2. The number of Topliss-reactive ketones (excluding diaryl/α,β-unsaturated/α-hetero) is 1. The van der Waals surface area contributed by atoms with Gasteiger partial charge in [-0.25, -0.2) is 0 Å². The molecule has 0 aromatic carbocycles. The van der Waals surface area contributed by atoms with E-state index >= 15 is 0 Å². The number of ketones is 1. The molecule has 74 valence electrons. The van der Waals surface area contributed by atoms with Crippen molar-refractivity contribution in [3.63, 3.8) is 0 Å². The van der Waals surface area contributed by atoms with Gasteiger partial charge in [0.15, 0.2) is 11.9 Å². The van der Waals surface area contributed by atoms with E-state index in [4.69, 9.17) is 4.84 Å². The van der Waals surface area contributed by atoms with E-state index in [0.717, 1.165) is 18.6 Å². The minimum absolute atomic E-state index is 0.0780. The molecule has 0 aromatic heterocycles. The zero-order valence-corrected chi connectivity index (χ0v) is 8.38. The summed E-state index contributed by atoms with van der Waals surface area (Å²) in [6.45, 7) is 3.72. The molecular weight excluding hydrogens is 166 g/mol. The second-order valence-corrected chi connectivity index (χ2v) is 3.52. The van der Waals surface area contributed by atoms with Crippen LogP contribution in [0.15, 0.2) is 5.16 Å². The zero-order chi connectivity index (χ0) is 9.68. The summed E-state index contributed by atoms with van der Waals surface area (Å²) < 4.78 is 0. The summed E-state index contributed by atoms with van der Waals surface area (Å²) in [6, 6.07) is 0. The molecule has 1 rings (SSSR count). The van der Waals surface area contributed by atoms with Crippen LogP contribution in [-0.2, 0) is 9.63 Å². The Hall–Kier alpha value is -0.860. The van der Waals surface area contributed by atoms with Crippen molar-refractivity contribution in [3.8, 4) is 0 Å². The topological polar surface area (TPSA) is 38.7 Å². The molecule has 0 bridgehead atoms. The van der Waals surface area contributed by atoms with Crippen molar-refractivity contribution >= 4 is 11.5 Å². The summed E-state index contributed by atoms with van der Waals surface area (Å²) in [7, 11) is 0. The summed E-state index contributed by atoms with van der Waals surface area (Å²) in [5.74, 6) is 0.0780. The van der Waals surface area contributed by atoms with Crippen LogP contribution in [0.5, 0.6) is 0 Å². The van der Waals surface area contributed by atoms with Gasteiger partial charge in [-0.15, -0.1) is 0 Å². The Balaban J connectivity index is 2.20. The SMILES string of the molecule is CCCCCC1=NOC(C(C)=O)C1. The number of nitrogens with zero attached hydrogens (tertiary/aromatic N) is 1. The molecule has 0 aromatic rings. The lowest BCUT2D eigenvalue weighted by molar-refractivity contribution is -0.126. The summed E-state index contributed by atoms with van der Waals surface area (Å²) in [6.07, 6.45) is 4.99. The fraction of sp³-hybridized carbons (Fsp3) is 0.800. The highest BCUT2D eigenvalue weighted by molar-refractivity contribution is 5.92. The minimum atomic E-state index is -0.295. The summed E-state index contributed by atoms with van der Waals surface area (Å²) in [5, 5.41) is 3.91. The molecule has 13 heavy (non-hydrogen) atoms. The van der Waals surface area contributed by atoms with Crippen molar-refractivity contribution in [1.82, 2.24) is 0 Å². The van der Waals surface area contributed by atoms with Gasteiger partial charge >= 0.3 is 0 Å². The van der Waals surface area contributed by atoms with Crippen molar-refractivity contribution in [3.05, 3.63) is 0 Å². The average Bonchev–Trinajstić information content (AvgIpc) is 2.53. The predicted octanol–water partition coefficient (Wildman–Crippen LogP) is 2.30. The quantitative estimate of drug-likeness (QED) is 0.613. The normalized spacial score (nSPS) is 21.1. The van der Waals surface area contributed by atoms with Gasteiger partial charge in [0.05, 0.1) is 5.71 Å². The van der Waals surface area contributed by atoms with Crippen molar-refractivity contribution in [2.45, 2.75) is 52.1 Å². The van der Waals surface area contributed by atoms with Gasteiger partial charge in [0.25, 0.3) is 0 Å². The highest BCUT2D eigenvalue weighted by Crippen LogP contribution is 2.15. The van der Waals surface area contributed by atoms with Crippen LogP contribution in [0.2, 0.25) is 0 Å². The monoisotopic (exact) mass is 183 g/mol. The van der Waals surface area contributed by atoms with Gasteiger partial charge in [-0.05, 0) is 19.8 Å². The lowest BCUT2D eigenvalue weighted by Gasteiger charge is -2.01. The van der Waals surface area contributed by atoms with Crippen molar-refractivity contribution in [2.75, 3.05) is 0 Å². The van der Waals surface area contributed by atoms with E-state index in [1.54, 1.807) is 6.92 Å². The molecule has 1 unspecified atom stereocenters. The van der Waals surface area contributed by atoms with Crippen LogP contribution in [0, 0.1) is 0 Å². The van der Waals surface area contributed by atoms with Crippen LogP contribution in [0.3, 0.4) is 0 Å². The Bertz CT molecular complexity index is 211. The number of carbonyl (C=O) groups is 1. The lowest BCUT2D eigenvalue weighted by atomic mass is 10.1. The van der Waals surface area contributed by atoms with E-state index in [-0.39, 0.29) is 11.9 Å². The molecule has 0 saturated heterocycles. The van der Waals surface area contributed by atoms with Gasteiger partial charge in [0.2, 0.25) is 0 Å². The first kappa shape index (κ1) is 10.2. The molecule has 0 radical (unpaired) electrons. The molecule has 0 fully saturated rings. The second kappa shape index (κ2) is 5.00. The number of hydrogen-bond acceptors (Lipinski definition) is 3. The largest absolute Gasteiger partial charge is 0.384 e. The Morgan fingerprint density at radius 2 is 2.38 bits per heavy atom. The minimum Gasteiger partial charge on any atom is -0.384 e. The molecule has 1 atom stereocenters. The maximum atomic E-state index is 10.9. The fourth-order valence-electron chi connectivity index (χ4n) is 1.37. The summed E-state index contributed by atoms with van der Waals surface area (Å²) in [5.41, 5.74) is 1.05. The van der Waals surface area contributed by atoms with E-state index in [2.05, 4.69) is 12.1 Å². The van der Waals surface area contributed by atoms with Crippen molar-refractivity contribution in [1.29, 1.82) is 0 Å². The highest BCUT2D eigenvalue weighted by Gasteiger charge is 2.24. The Morgan fingerprint density at radius 1 is 1.62 bits per heavy atom. The summed E-state index contributed by atoms with van der Waals surface area (Å²) >= 11 is 0. The number of unbranched alkanes of at least 4 members (excludes halogenated alkanes) is 2. The Morgan fingerprint density at radius 3 is 2.92 bits per heavy atom. The molecule has 1 aliphatic heterocycles. The highest BCUT2D eigenvalue weighted by atomic mass is 16.6. The first-order valence-electron chi connectivity index (χ1n) is 4.96. The van der Waals surface area contributed by atoms with Crippen molar-refractivity contribution in [2.24, 2.45) is 5.16 Å². The van der Waals surface area contributed by atoms with Crippen LogP contribution in [-0.4, -0.2) is 17.6 Å². The van der Waals surface area contributed by atoms with Gasteiger partial charge in [-0.3, -0.25) is 4.79 Å². The molecule has 0 spiro atoms. The molecule has 0 aliphatic carbocycles. The Kier molecular flexibility index (Phi) is 3.93. The second-order valence-electron chi connectivity index (χ2n) is 3.52. The van der Waals surface area contributed by atoms with Gasteiger partial charge < -0.3 is 4.84 Å². The number of rotatable bonds is 5.